The van der Waals surface area contributed by atoms with E-state index < -0.39 is 5.79 Å². The predicted molar refractivity (Wildman–Crippen MR) is 106 cm³/mol. The third-order valence-corrected chi connectivity index (χ3v) is 10.4. The molecule has 4 saturated carbocycles. The van der Waals surface area contributed by atoms with Crippen LogP contribution in [-0.4, -0.2) is 44.0 Å². The topological polar surface area (TPSA) is 66.4 Å². The van der Waals surface area contributed by atoms with E-state index in [1.54, 1.807) is 0 Å². The molecule has 6 heteroatoms. The monoisotopic (exact) mass is 405 g/mol. The summed E-state index contributed by atoms with van der Waals surface area (Å²) in [5, 5.41) is 3.72. The van der Waals surface area contributed by atoms with Crippen molar-refractivity contribution in [2.45, 2.75) is 82.8 Å². The highest BCUT2D eigenvalue weighted by molar-refractivity contribution is 5.15. The van der Waals surface area contributed by atoms with Crippen LogP contribution in [0.15, 0.2) is 5.18 Å². The van der Waals surface area contributed by atoms with Crippen LogP contribution in [0.4, 0.5) is 0 Å². The maximum atomic E-state index is 12.1. The first kappa shape index (κ1) is 19.1. The maximum absolute atomic E-state index is 12.1. The van der Waals surface area contributed by atoms with E-state index in [9.17, 15) is 4.91 Å². The van der Waals surface area contributed by atoms with Crippen LogP contribution in [0.1, 0.15) is 65.2 Å². The maximum Gasteiger partial charge on any atom is 0.174 e. The van der Waals surface area contributed by atoms with E-state index in [1.807, 2.05) is 0 Å². The number of nitrogens with zero attached hydrogens (tertiary/aromatic N) is 1. The Bertz CT molecular complexity index is 687. The Labute approximate surface area is 173 Å². The van der Waals surface area contributed by atoms with Crippen LogP contribution in [0.5, 0.6) is 0 Å². The summed E-state index contributed by atoms with van der Waals surface area (Å²) in [5.41, 5.74) is 0.214. The molecule has 2 aliphatic heterocycles. The Morgan fingerprint density at radius 1 is 0.793 bits per heavy atom. The normalized spacial score (nSPS) is 52.3. The van der Waals surface area contributed by atoms with Gasteiger partial charge in [0.15, 0.2) is 11.6 Å². The summed E-state index contributed by atoms with van der Waals surface area (Å²) in [4.78, 5) is 12.1. The zero-order valence-electron chi connectivity index (χ0n) is 17.9. The van der Waals surface area contributed by atoms with Crippen molar-refractivity contribution in [2.75, 3.05) is 26.4 Å². The van der Waals surface area contributed by atoms with Gasteiger partial charge in [0.05, 0.1) is 32.5 Å². The van der Waals surface area contributed by atoms with Crippen molar-refractivity contribution in [3.8, 4) is 0 Å². The van der Waals surface area contributed by atoms with Crippen LogP contribution in [-0.2, 0) is 18.9 Å². The molecule has 6 fully saturated rings. The number of hydrogen-bond acceptors (Lipinski definition) is 6. The summed E-state index contributed by atoms with van der Waals surface area (Å²) in [7, 11) is 0. The lowest BCUT2D eigenvalue weighted by atomic mass is 9.43. The van der Waals surface area contributed by atoms with Crippen molar-refractivity contribution in [1.82, 2.24) is 0 Å². The molecule has 29 heavy (non-hydrogen) atoms. The highest BCUT2D eigenvalue weighted by Crippen LogP contribution is 2.70. The van der Waals surface area contributed by atoms with E-state index in [1.165, 1.54) is 12.8 Å². The van der Waals surface area contributed by atoms with Gasteiger partial charge in [0.1, 0.15) is 0 Å². The molecule has 0 aromatic heterocycles. The SMILES string of the molecule is CC12CCC3(CC1C(N=O)CC1C2CCC2(C)C1CCC21OCCO1)OCCO3. The Morgan fingerprint density at radius 3 is 2.21 bits per heavy atom. The van der Waals surface area contributed by atoms with E-state index in [0.717, 1.165) is 51.7 Å². The zero-order valence-corrected chi connectivity index (χ0v) is 17.9. The van der Waals surface area contributed by atoms with Gasteiger partial charge in [-0.1, -0.05) is 19.0 Å². The van der Waals surface area contributed by atoms with Crippen molar-refractivity contribution in [2.24, 2.45) is 39.7 Å². The average Bonchev–Trinajstić information content (AvgIpc) is 3.44. The molecule has 7 atom stereocenters. The van der Waals surface area contributed by atoms with Crippen molar-refractivity contribution in [1.29, 1.82) is 0 Å². The second kappa shape index (κ2) is 6.24. The fourth-order valence-electron chi connectivity index (χ4n) is 8.99. The number of ether oxygens (including phenoxy) is 4. The van der Waals surface area contributed by atoms with Gasteiger partial charge in [-0.05, 0) is 61.2 Å². The smallest absolute Gasteiger partial charge is 0.174 e. The minimum atomic E-state index is -0.452. The van der Waals surface area contributed by atoms with E-state index >= 15 is 0 Å². The Kier molecular flexibility index (Phi) is 4.12. The molecule has 0 bridgehead atoms. The first-order valence-corrected chi connectivity index (χ1v) is 11.8. The van der Waals surface area contributed by atoms with Crippen LogP contribution in [0, 0.1) is 39.4 Å². The fourth-order valence-corrected chi connectivity index (χ4v) is 8.99. The fraction of sp³-hybridized carbons (Fsp3) is 1.00. The quantitative estimate of drug-likeness (QED) is 0.610. The van der Waals surface area contributed by atoms with Gasteiger partial charge in [0.2, 0.25) is 0 Å². The van der Waals surface area contributed by atoms with Crippen LogP contribution in [0.3, 0.4) is 0 Å². The zero-order chi connectivity index (χ0) is 19.9. The molecular formula is C23H35NO5. The number of hydrogen-bond donors (Lipinski definition) is 0. The van der Waals surface area contributed by atoms with E-state index in [-0.39, 0.29) is 28.6 Å². The van der Waals surface area contributed by atoms with Gasteiger partial charge in [-0.15, -0.1) is 0 Å². The number of nitroso groups, excluding NO2 is 1. The standard InChI is InChI=1S/C23H35NO5/c1-20-7-8-22(26-9-10-27-22)14-18(20)19(24-25)13-15-16(20)3-5-21(2)17(15)4-6-23(21)28-11-12-29-23/h15-19H,3-14H2,1-2H3. The second-order valence-corrected chi connectivity index (χ2v) is 11.2. The molecular weight excluding hydrogens is 370 g/mol. The van der Waals surface area contributed by atoms with E-state index in [4.69, 9.17) is 18.9 Å². The Hall–Kier alpha value is -0.560. The molecule has 0 N–H and O–H groups in total. The van der Waals surface area contributed by atoms with Gasteiger partial charge in [-0.25, -0.2) is 0 Å². The lowest BCUT2D eigenvalue weighted by Gasteiger charge is -2.63. The van der Waals surface area contributed by atoms with Gasteiger partial charge >= 0.3 is 0 Å². The summed E-state index contributed by atoms with van der Waals surface area (Å²) < 4.78 is 24.6. The summed E-state index contributed by atoms with van der Waals surface area (Å²) in [6, 6.07) is -0.129. The van der Waals surface area contributed by atoms with Gasteiger partial charge in [-0.2, -0.15) is 4.91 Å². The predicted octanol–water partition coefficient (Wildman–Crippen LogP) is 4.26. The molecule has 0 radical (unpaired) electrons. The Balaban J connectivity index is 1.33. The minimum Gasteiger partial charge on any atom is -0.348 e. The summed E-state index contributed by atoms with van der Waals surface area (Å²) >= 11 is 0. The van der Waals surface area contributed by atoms with Crippen molar-refractivity contribution in [3.05, 3.63) is 4.91 Å². The number of fused-ring (bicyclic) bond motifs is 6. The van der Waals surface area contributed by atoms with Gasteiger partial charge in [0, 0.05) is 24.7 Å². The van der Waals surface area contributed by atoms with Gasteiger partial charge in [0.25, 0.3) is 0 Å². The molecule has 2 saturated heterocycles. The van der Waals surface area contributed by atoms with Crippen molar-refractivity contribution in [3.63, 3.8) is 0 Å². The molecule has 0 aromatic rings. The van der Waals surface area contributed by atoms with E-state index in [0.29, 0.717) is 31.0 Å². The van der Waals surface area contributed by atoms with Crippen molar-refractivity contribution >= 4 is 0 Å². The largest absolute Gasteiger partial charge is 0.348 e. The molecule has 6 rings (SSSR count). The van der Waals surface area contributed by atoms with Gasteiger partial charge in [-0.3, -0.25) is 0 Å². The van der Waals surface area contributed by atoms with Crippen LogP contribution >= 0.6 is 0 Å². The molecule has 162 valence electrons. The van der Waals surface area contributed by atoms with Crippen LogP contribution in [0.25, 0.3) is 0 Å². The first-order chi connectivity index (χ1) is 14.0. The summed E-state index contributed by atoms with van der Waals surface area (Å²) in [6.07, 6.45) is 8.31. The average molecular weight is 406 g/mol. The third kappa shape index (κ3) is 2.38. The van der Waals surface area contributed by atoms with E-state index in [2.05, 4.69) is 19.0 Å². The molecule has 0 amide bonds. The Morgan fingerprint density at radius 2 is 1.48 bits per heavy atom. The summed E-state index contributed by atoms with van der Waals surface area (Å²) in [5.74, 6) is 1.20. The molecule has 6 aliphatic rings. The molecule has 2 heterocycles. The molecule has 0 aromatic carbocycles. The highest BCUT2D eigenvalue weighted by Gasteiger charge is 2.69. The van der Waals surface area contributed by atoms with Crippen LogP contribution in [0.2, 0.25) is 0 Å². The number of rotatable bonds is 1. The molecule has 6 nitrogen and oxygen atoms in total. The second-order valence-electron chi connectivity index (χ2n) is 11.2. The first-order valence-electron chi connectivity index (χ1n) is 11.8. The van der Waals surface area contributed by atoms with Crippen molar-refractivity contribution < 1.29 is 18.9 Å². The highest BCUT2D eigenvalue weighted by atomic mass is 16.7. The molecule has 7 unspecified atom stereocenters. The third-order valence-electron chi connectivity index (χ3n) is 10.4. The molecule has 2 spiro atoms. The van der Waals surface area contributed by atoms with Crippen LogP contribution < -0.4 is 0 Å². The molecule has 4 aliphatic carbocycles. The van der Waals surface area contributed by atoms with Gasteiger partial charge < -0.3 is 18.9 Å². The summed E-state index contributed by atoms with van der Waals surface area (Å²) in [6.45, 7) is 7.65. The lowest BCUT2D eigenvalue weighted by molar-refractivity contribution is -0.259. The minimum absolute atomic E-state index is 0.0643. The lowest BCUT2D eigenvalue weighted by Crippen LogP contribution is -2.61.